The van der Waals surface area contributed by atoms with Gasteiger partial charge in [0.2, 0.25) is 0 Å². The number of amides is 1. The molecule has 0 aliphatic heterocycles. The molecule has 0 bridgehead atoms. The van der Waals surface area contributed by atoms with E-state index in [9.17, 15) is 9.59 Å². The van der Waals surface area contributed by atoms with Gasteiger partial charge in [-0.2, -0.15) is 0 Å². The molecule has 1 amide bonds. The van der Waals surface area contributed by atoms with Crippen molar-refractivity contribution in [2.24, 2.45) is 0 Å². The van der Waals surface area contributed by atoms with Gasteiger partial charge in [0.05, 0.1) is 18.0 Å². The molecule has 0 atom stereocenters. The maximum absolute atomic E-state index is 12.2. The highest BCUT2D eigenvalue weighted by molar-refractivity contribution is 7.16. The van der Waals surface area contributed by atoms with Gasteiger partial charge < -0.3 is 14.4 Å². The normalized spacial score (nSPS) is 10.7. The Hall–Kier alpha value is -2.31. The van der Waals surface area contributed by atoms with E-state index in [1.165, 1.54) is 17.4 Å². The van der Waals surface area contributed by atoms with Crippen LogP contribution in [0.4, 0.5) is 0 Å². The Balaban J connectivity index is 1.84. The van der Waals surface area contributed by atoms with E-state index < -0.39 is 5.97 Å². The molecule has 0 fully saturated rings. The SMILES string of the molecule is CCN(Cc1ccc(Cl)s1)C(=O)COC(=O)/C=C/c1cccc(OC)c1. The van der Waals surface area contributed by atoms with Crippen LogP contribution in [-0.2, 0) is 20.9 Å². The van der Waals surface area contributed by atoms with Crippen LogP contribution in [0.5, 0.6) is 5.75 Å². The number of methoxy groups -OCH3 is 1. The van der Waals surface area contributed by atoms with E-state index in [0.29, 0.717) is 23.2 Å². The molecular formula is C19H20ClNO4S. The lowest BCUT2D eigenvalue weighted by atomic mass is 10.2. The third kappa shape index (κ3) is 6.20. The summed E-state index contributed by atoms with van der Waals surface area (Å²) in [5, 5.41) is 0. The fourth-order valence-electron chi connectivity index (χ4n) is 2.18. The van der Waals surface area contributed by atoms with E-state index in [-0.39, 0.29) is 12.5 Å². The van der Waals surface area contributed by atoms with E-state index in [2.05, 4.69) is 0 Å². The lowest BCUT2D eigenvalue weighted by molar-refractivity contribution is -0.148. The summed E-state index contributed by atoms with van der Waals surface area (Å²) in [5.41, 5.74) is 0.803. The van der Waals surface area contributed by atoms with Crippen molar-refractivity contribution in [3.63, 3.8) is 0 Å². The van der Waals surface area contributed by atoms with Gasteiger partial charge in [-0.15, -0.1) is 11.3 Å². The highest BCUT2D eigenvalue weighted by atomic mass is 35.5. The number of thiophene rings is 1. The Morgan fingerprint density at radius 2 is 2.08 bits per heavy atom. The van der Waals surface area contributed by atoms with Crippen molar-refractivity contribution in [1.29, 1.82) is 0 Å². The van der Waals surface area contributed by atoms with Gasteiger partial charge in [-0.3, -0.25) is 4.79 Å². The summed E-state index contributed by atoms with van der Waals surface area (Å²) < 4.78 is 10.8. The van der Waals surface area contributed by atoms with E-state index in [1.54, 1.807) is 30.2 Å². The van der Waals surface area contributed by atoms with Gasteiger partial charge in [0.25, 0.3) is 5.91 Å². The summed E-state index contributed by atoms with van der Waals surface area (Å²) in [6.07, 6.45) is 2.90. The van der Waals surface area contributed by atoms with Crippen molar-refractivity contribution in [1.82, 2.24) is 4.90 Å². The van der Waals surface area contributed by atoms with Crippen molar-refractivity contribution in [2.45, 2.75) is 13.5 Å². The molecule has 0 aliphatic rings. The average molecular weight is 394 g/mol. The first-order valence-electron chi connectivity index (χ1n) is 8.02. The lowest BCUT2D eigenvalue weighted by Gasteiger charge is -2.19. The minimum Gasteiger partial charge on any atom is -0.497 e. The van der Waals surface area contributed by atoms with E-state index in [4.69, 9.17) is 21.1 Å². The molecule has 0 saturated carbocycles. The number of carbonyl (C=O) groups excluding carboxylic acids is 2. The fraction of sp³-hybridized carbons (Fsp3) is 0.263. The summed E-state index contributed by atoms with van der Waals surface area (Å²) in [6, 6.07) is 10.9. The standard InChI is InChI=1S/C19H20ClNO4S/c1-3-21(12-16-8-9-17(20)26-16)18(22)13-25-19(23)10-7-14-5-4-6-15(11-14)24-2/h4-11H,3,12-13H2,1-2H3/b10-7+. The first-order chi connectivity index (χ1) is 12.5. The zero-order chi connectivity index (χ0) is 18.9. The minimum atomic E-state index is -0.573. The Bertz CT molecular complexity index is 787. The zero-order valence-electron chi connectivity index (χ0n) is 14.6. The summed E-state index contributed by atoms with van der Waals surface area (Å²) >= 11 is 7.33. The topological polar surface area (TPSA) is 55.8 Å². The second-order valence-corrected chi connectivity index (χ2v) is 7.13. The van der Waals surface area contributed by atoms with Crippen LogP contribution in [0, 0.1) is 0 Å². The van der Waals surface area contributed by atoms with Crippen LogP contribution >= 0.6 is 22.9 Å². The first kappa shape index (κ1) is 20.0. The number of carbonyl (C=O) groups is 2. The van der Waals surface area contributed by atoms with Gasteiger partial charge in [-0.1, -0.05) is 23.7 Å². The van der Waals surface area contributed by atoms with Crippen molar-refractivity contribution in [3.8, 4) is 5.75 Å². The zero-order valence-corrected chi connectivity index (χ0v) is 16.2. The molecule has 0 N–H and O–H groups in total. The van der Waals surface area contributed by atoms with Gasteiger partial charge in [-0.25, -0.2) is 4.79 Å². The highest BCUT2D eigenvalue weighted by Crippen LogP contribution is 2.22. The van der Waals surface area contributed by atoms with Gasteiger partial charge >= 0.3 is 5.97 Å². The number of hydrogen-bond donors (Lipinski definition) is 0. The van der Waals surface area contributed by atoms with E-state index in [0.717, 1.165) is 10.4 Å². The molecule has 2 aromatic rings. The molecule has 2 rings (SSSR count). The van der Waals surface area contributed by atoms with Gasteiger partial charge in [0.1, 0.15) is 5.75 Å². The number of hydrogen-bond acceptors (Lipinski definition) is 5. The van der Waals surface area contributed by atoms with Crippen LogP contribution < -0.4 is 4.74 Å². The minimum absolute atomic E-state index is 0.250. The number of halogens is 1. The second kappa shape index (κ2) is 9.99. The van der Waals surface area contributed by atoms with Gasteiger partial charge in [-0.05, 0) is 42.8 Å². The number of nitrogens with zero attached hydrogens (tertiary/aromatic N) is 1. The van der Waals surface area contributed by atoms with Crippen molar-refractivity contribution < 1.29 is 19.1 Å². The predicted octanol–water partition coefficient (Wildman–Crippen LogP) is 4.02. The Morgan fingerprint density at radius 3 is 2.73 bits per heavy atom. The quantitative estimate of drug-likeness (QED) is 0.502. The Kier molecular flexibility index (Phi) is 7.69. The highest BCUT2D eigenvalue weighted by Gasteiger charge is 2.15. The van der Waals surface area contributed by atoms with Gasteiger partial charge in [0, 0.05) is 17.5 Å². The summed E-state index contributed by atoms with van der Waals surface area (Å²) in [6.45, 7) is 2.54. The molecule has 5 nitrogen and oxygen atoms in total. The molecule has 138 valence electrons. The van der Waals surface area contributed by atoms with Crippen LogP contribution in [0.2, 0.25) is 4.34 Å². The molecule has 1 aromatic heterocycles. The number of benzene rings is 1. The maximum Gasteiger partial charge on any atom is 0.331 e. The molecule has 7 heteroatoms. The molecule has 0 saturated heterocycles. The monoisotopic (exact) mass is 393 g/mol. The molecule has 0 unspecified atom stereocenters. The van der Waals surface area contributed by atoms with Crippen LogP contribution in [0.1, 0.15) is 17.4 Å². The molecule has 1 aromatic carbocycles. The van der Waals surface area contributed by atoms with Crippen LogP contribution in [0.15, 0.2) is 42.5 Å². The van der Waals surface area contributed by atoms with Crippen LogP contribution in [0.25, 0.3) is 6.08 Å². The summed E-state index contributed by atoms with van der Waals surface area (Å²) in [5.74, 6) is -0.125. The fourth-order valence-corrected chi connectivity index (χ4v) is 3.29. The van der Waals surface area contributed by atoms with Gasteiger partial charge in [0.15, 0.2) is 6.61 Å². The Labute approximate surface area is 161 Å². The number of ether oxygens (including phenoxy) is 2. The maximum atomic E-state index is 12.2. The summed E-state index contributed by atoms with van der Waals surface area (Å²) in [4.78, 5) is 26.6. The Morgan fingerprint density at radius 1 is 1.27 bits per heavy atom. The van der Waals surface area contributed by atoms with Crippen LogP contribution in [-0.4, -0.2) is 37.0 Å². The van der Waals surface area contributed by atoms with Crippen molar-refractivity contribution in [2.75, 3.05) is 20.3 Å². The molecule has 0 aliphatic carbocycles. The van der Waals surface area contributed by atoms with Crippen molar-refractivity contribution in [3.05, 3.63) is 57.3 Å². The summed E-state index contributed by atoms with van der Waals surface area (Å²) in [7, 11) is 1.58. The number of rotatable bonds is 8. The molecule has 1 heterocycles. The molecule has 26 heavy (non-hydrogen) atoms. The van der Waals surface area contributed by atoms with E-state index in [1.807, 2.05) is 31.2 Å². The smallest absolute Gasteiger partial charge is 0.331 e. The predicted molar refractivity (Wildman–Crippen MR) is 103 cm³/mol. The van der Waals surface area contributed by atoms with Crippen molar-refractivity contribution >= 4 is 40.9 Å². The molecule has 0 radical (unpaired) electrons. The van der Waals surface area contributed by atoms with E-state index >= 15 is 0 Å². The molecular weight excluding hydrogens is 374 g/mol. The van der Waals surface area contributed by atoms with Crippen LogP contribution in [0.3, 0.4) is 0 Å². The number of likely N-dealkylation sites (N-methyl/N-ethyl adjacent to an activating group) is 1. The average Bonchev–Trinajstić information content (AvgIpc) is 3.07. The second-order valence-electron chi connectivity index (χ2n) is 5.33. The third-order valence-electron chi connectivity index (χ3n) is 3.55. The number of esters is 1. The molecule has 0 spiro atoms. The largest absolute Gasteiger partial charge is 0.497 e. The lowest BCUT2D eigenvalue weighted by Crippen LogP contribution is -2.33. The first-order valence-corrected chi connectivity index (χ1v) is 9.22. The third-order valence-corrected chi connectivity index (χ3v) is 4.77.